The van der Waals surface area contributed by atoms with E-state index in [1.54, 1.807) is 24.3 Å². The first-order chi connectivity index (χ1) is 13.2. The molecule has 0 spiro atoms. The van der Waals surface area contributed by atoms with E-state index in [0.717, 1.165) is 17.5 Å². The van der Waals surface area contributed by atoms with Crippen LogP contribution in [-0.2, 0) is 9.53 Å². The molecule has 0 radical (unpaired) electrons. The lowest BCUT2D eigenvalue weighted by molar-refractivity contribution is -0.110. The number of hydrogen-bond donors (Lipinski definition) is 1. The smallest absolute Gasteiger partial charge is 0.211 e. The highest BCUT2D eigenvalue weighted by Crippen LogP contribution is 2.38. The first-order valence-corrected chi connectivity index (χ1v) is 9.14. The lowest BCUT2D eigenvalue weighted by atomic mass is 9.84. The third-order valence-corrected chi connectivity index (χ3v) is 4.75. The first kappa shape index (κ1) is 17.5. The molecule has 1 N–H and O–H groups in total. The minimum absolute atomic E-state index is 0.0343. The van der Waals surface area contributed by atoms with E-state index < -0.39 is 0 Å². The number of nitrogens with zero attached hydrogens (tertiary/aromatic N) is 1. The van der Waals surface area contributed by atoms with E-state index >= 15 is 0 Å². The van der Waals surface area contributed by atoms with Crippen LogP contribution in [0, 0.1) is 0 Å². The SMILES string of the molecule is CC1CCC2=C(O1)c1ccccc1/C(=N\c1ccc(OCCO)cc1)C2=O. The minimum atomic E-state index is -0.0591. The van der Waals surface area contributed by atoms with Crippen LogP contribution in [0.1, 0.15) is 30.9 Å². The van der Waals surface area contributed by atoms with Crippen LogP contribution in [0.4, 0.5) is 5.69 Å². The van der Waals surface area contributed by atoms with E-state index in [2.05, 4.69) is 4.99 Å². The first-order valence-electron chi connectivity index (χ1n) is 9.14. The van der Waals surface area contributed by atoms with Crippen molar-refractivity contribution < 1.29 is 19.4 Å². The molecule has 0 amide bonds. The molecular formula is C22H21NO4. The molecule has 2 aliphatic rings. The fourth-order valence-corrected chi connectivity index (χ4v) is 3.41. The van der Waals surface area contributed by atoms with E-state index in [4.69, 9.17) is 14.6 Å². The molecule has 0 fully saturated rings. The lowest BCUT2D eigenvalue weighted by Crippen LogP contribution is -2.29. The van der Waals surface area contributed by atoms with Crippen molar-refractivity contribution in [2.75, 3.05) is 13.2 Å². The van der Waals surface area contributed by atoms with Crippen LogP contribution in [0.2, 0.25) is 0 Å². The van der Waals surface area contributed by atoms with Crippen molar-refractivity contribution in [1.29, 1.82) is 0 Å². The van der Waals surface area contributed by atoms with Crippen LogP contribution >= 0.6 is 0 Å². The number of carbonyl (C=O) groups is 1. The van der Waals surface area contributed by atoms with Crippen molar-refractivity contribution in [1.82, 2.24) is 0 Å². The minimum Gasteiger partial charge on any atom is -0.491 e. The molecule has 138 valence electrons. The molecule has 0 bridgehead atoms. The van der Waals surface area contributed by atoms with Crippen molar-refractivity contribution >= 4 is 22.9 Å². The van der Waals surface area contributed by atoms with Crippen LogP contribution in [0.5, 0.6) is 5.75 Å². The van der Waals surface area contributed by atoms with Crippen molar-refractivity contribution in [2.45, 2.75) is 25.9 Å². The third kappa shape index (κ3) is 3.38. The highest BCUT2D eigenvalue weighted by atomic mass is 16.5. The molecule has 0 saturated heterocycles. The fourth-order valence-electron chi connectivity index (χ4n) is 3.41. The van der Waals surface area contributed by atoms with E-state index in [0.29, 0.717) is 34.9 Å². The molecule has 1 atom stereocenters. The predicted molar refractivity (Wildman–Crippen MR) is 103 cm³/mol. The van der Waals surface area contributed by atoms with Gasteiger partial charge in [0.15, 0.2) is 0 Å². The Hall–Kier alpha value is -2.92. The van der Waals surface area contributed by atoms with Crippen molar-refractivity contribution in [3.8, 4) is 5.75 Å². The van der Waals surface area contributed by atoms with Gasteiger partial charge in [0.05, 0.1) is 18.4 Å². The maximum atomic E-state index is 13.1. The molecule has 0 saturated carbocycles. The summed E-state index contributed by atoms with van der Waals surface area (Å²) in [5.74, 6) is 1.31. The van der Waals surface area contributed by atoms with Crippen LogP contribution in [0.3, 0.4) is 0 Å². The molecule has 2 aromatic carbocycles. The van der Waals surface area contributed by atoms with Gasteiger partial charge < -0.3 is 14.6 Å². The summed E-state index contributed by atoms with van der Waals surface area (Å²) in [6.07, 6.45) is 1.64. The van der Waals surface area contributed by atoms with Gasteiger partial charge in [-0.05, 0) is 44.0 Å². The average Bonchev–Trinajstić information content (AvgIpc) is 2.70. The molecule has 1 unspecified atom stereocenters. The fraction of sp³-hybridized carbons (Fsp3) is 0.273. The normalized spacial score (nSPS) is 20.1. The van der Waals surface area contributed by atoms with Crippen LogP contribution in [-0.4, -0.2) is 35.9 Å². The van der Waals surface area contributed by atoms with Gasteiger partial charge in [0, 0.05) is 16.7 Å². The number of aliphatic hydroxyl groups is 1. The van der Waals surface area contributed by atoms with E-state index in [9.17, 15) is 4.79 Å². The maximum absolute atomic E-state index is 13.1. The number of ether oxygens (including phenoxy) is 2. The van der Waals surface area contributed by atoms with Gasteiger partial charge >= 0.3 is 0 Å². The van der Waals surface area contributed by atoms with Gasteiger partial charge in [-0.3, -0.25) is 4.79 Å². The number of benzene rings is 2. The van der Waals surface area contributed by atoms with Gasteiger partial charge in [0.2, 0.25) is 5.78 Å². The van der Waals surface area contributed by atoms with Gasteiger partial charge in [-0.1, -0.05) is 24.3 Å². The number of ketones is 1. The largest absolute Gasteiger partial charge is 0.491 e. The number of hydrogen-bond acceptors (Lipinski definition) is 5. The Morgan fingerprint density at radius 3 is 2.63 bits per heavy atom. The Morgan fingerprint density at radius 2 is 1.89 bits per heavy atom. The summed E-state index contributed by atoms with van der Waals surface area (Å²) >= 11 is 0. The van der Waals surface area contributed by atoms with Gasteiger partial charge in [-0.25, -0.2) is 4.99 Å². The summed E-state index contributed by atoms with van der Waals surface area (Å²) in [6.45, 7) is 2.24. The predicted octanol–water partition coefficient (Wildman–Crippen LogP) is 3.67. The molecule has 27 heavy (non-hydrogen) atoms. The molecule has 5 heteroatoms. The average molecular weight is 363 g/mol. The zero-order valence-electron chi connectivity index (χ0n) is 15.1. The monoisotopic (exact) mass is 363 g/mol. The van der Waals surface area contributed by atoms with E-state index in [1.165, 1.54) is 0 Å². The summed E-state index contributed by atoms with van der Waals surface area (Å²) in [5.41, 5.74) is 3.58. The second-order valence-corrected chi connectivity index (χ2v) is 6.68. The Bertz CT molecular complexity index is 928. The molecule has 1 aliphatic carbocycles. The molecular weight excluding hydrogens is 342 g/mol. The summed E-state index contributed by atoms with van der Waals surface area (Å²) in [5, 5.41) is 8.83. The Kier molecular flexibility index (Phi) is 4.77. The van der Waals surface area contributed by atoms with Crippen molar-refractivity contribution in [3.05, 3.63) is 65.2 Å². The third-order valence-electron chi connectivity index (χ3n) is 4.75. The maximum Gasteiger partial charge on any atom is 0.211 e. The highest BCUT2D eigenvalue weighted by Gasteiger charge is 2.35. The van der Waals surface area contributed by atoms with Crippen molar-refractivity contribution in [3.63, 3.8) is 0 Å². The zero-order valence-corrected chi connectivity index (χ0v) is 15.1. The van der Waals surface area contributed by atoms with Crippen molar-refractivity contribution in [2.24, 2.45) is 4.99 Å². The quantitative estimate of drug-likeness (QED) is 0.900. The molecule has 2 aromatic rings. The Labute approximate surface area is 158 Å². The highest BCUT2D eigenvalue weighted by molar-refractivity contribution is 6.54. The number of aliphatic imine (C=N–C) groups is 1. The standard InChI is InChI=1S/C22H21NO4/c1-14-6-11-19-21(25)20(17-4-2-3-5-18(17)22(19)27-14)23-15-7-9-16(10-8-15)26-13-12-24/h2-5,7-10,14,24H,6,11-13H2,1H3/b23-20+. The molecule has 1 heterocycles. The van der Waals surface area contributed by atoms with Gasteiger partial charge in [-0.15, -0.1) is 0 Å². The number of aliphatic hydroxyl groups excluding tert-OH is 1. The van der Waals surface area contributed by atoms with Crippen LogP contribution in [0.25, 0.3) is 5.76 Å². The number of allylic oxidation sites excluding steroid dienone is 1. The zero-order chi connectivity index (χ0) is 18.8. The lowest BCUT2D eigenvalue weighted by Gasteiger charge is -2.30. The Balaban J connectivity index is 1.73. The summed E-state index contributed by atoms with van der Waals surface area (Å²) in [6, 6.07) is 14.9. The second-order valence-electron chi connectivity index (χ2n) is 6.68. The number of Topliss-reactive ketones (excluding diaryl/α,β-unsaturated/α-hetero) is 1. The number of fused-ring (bicyclic) bond motifs is 2. The molecule has 0 aromatic heterocycles. The van der Waals surface area contributed by atoms with Gasteiger partial charge in [0.25, 0.3) is 0 Å². The van der Waals surface area contributed by atoms with Gasteiger partial charge in [-0.2, -0.15) is 0 Å². The molecule has 4 rings (SSSR count). The number of carbonyl (C=O) groups excluding carboxylic acids is 1. The summed E-state index contributed by atoms with van der Waals surface area (Å²) in [7, 11) is 0. The molecule has 5 nitrogen and oxygen atoms in total. The van der Waals surface area contributed by atoms with E-state index in [1.807, 2.05) is 31.2 Å². The van der Waals surface area contributed by atoms with Crippen LogP contribution in [0.15, 0.2) is 59.1 Å². The number of rotatable bonds is 4. The Morgan fingerprint density at radius 1 is 1.15 bits per heavy atom. The van der Waals surface area contributed by atoms with E-state index in [-0.39, 0.29) is 25.1 Å². The summed E-state index contributed by atoms with van der Waals surface area (Å²) in [4.78, 5) is 17.8. The van der Waals surface area contributed by atoms with Gasteiger partial charge in [0.1, 0.15) is 23.8 Å². The summed E-state index contributed by atoms with van der Waals surface area (Å²) < 4.78 is 11.4. The second kappa shape index (κ2) is 7.37. The molecule has 1 aliphatic heterocycles. The topological polar surface area (TPSA) is 68.1 Å². The van der Waals surface area contributed by atoms with Crippen LogP contribution < -0.4 is 4.74 Å².